The molecule has 0 bridgehead atoms. The zero-order valence-corrected chi connectivity index (χ0v) is 14.7. The maximum atomic E-state index is 13.8. The van der Waals surface area contributed by atoms with Gasteiger partial charge in [0.15, 0.2) is 0 Å². The Balaban J connectivity index is 1.18. The summed E-state index contributed by atoms with van der Waals surface area (Å²) in [6.07, 6.45) is 3.70. The molecule has 0 aromatic heterocycles. The van der Waals surface area contributed by atoms with Crippen molar-refractivity contribution >= 4 is 0 Å². The Morgan fingerprint density at radius 1 is 0.960 bits per heavy atom. The lowest BCUT2D eigenvalue weighted by Crippen LogP contribution is -2.37. The van der Waals surface area contributed by atoms with Gasteiger partial charge in [-0.25, -0.2) is 4.39 Å². The highest BCUT2D eigenvalue weighted by Crippen LogP contribution is 2.40. The number of halogens is 1. The predicted octanol–water partition coefficient (Wildman–Crippen LogP) is 4.18. The van der Waals surface area contributed by atoms with Gasteiger partial charge in [-0.1, -0.05) is 48.5 Å². The van der Waals surface area contributed by atoms with Crippen LogP contribution in [0.4, 0.5) is 4.39 Å². The summed E-state index contributed by atoms with van der Waals surface area (Å²) >= 11 is 0. The van der Waals surface area contributed by atoms with Crippen LogP contribution in [0.1, 0.15) is 36.3 Å². The zero-order valence-electron chi connectivity index (χ0n) is 14.7. The van der Waals surface area contributed by atoms with E-state index in [2.05, 4.69) is 40.5 Å². The molecule has 1 heterocycles. The lowest BCUT2D eigenvalue weighted by molar-refractivity contribution is 0.173. The maximum Gasteiger partial charge on any atom is 0.127 e. The first-order chi connectivity index (χ1) is 12.3. The zero-order chi connectivity index (χ0) is 17.1. The molecule has 25 heavy (non-hydrogen) atoms. The average Bonchev–Trinajstić information content (AvgIpc) is 3.44. The molecule has 4 rings (SSSR count). The number of likely N-dealkylation sites (tertiary alicyclic amines) is 1. The fourth-order valence-corrected chi connectivity index (χ4v) is 4.02. The highest BCUT2D eigenvalue weighted by atomic mass is 19.1. The molecule has 2 atom stereocenters. The van der Waals surface area contributed by atoms with Gasteiger partial charge in [-0.2, -0.15) is 0 Å². The third-order valence-corrected chi connectivity index (χ3v) is 5.75. The molecule has 0 spiro atoms. The summed E-state index contributed by atoms with van der Waals surface area (Å²) in [6.45, 7) is 4.02. The molecular formula is C22H27FN2. The van der Waals surface area contributed by atoms with Gasteiger partial charge in [0.1, 0.15) is 5.82 Å². The van der Waals surface area contributed by atoms with E-state index >= 15 is 0 Å². The van der Waals surface area contributed by atoms with Crippen molar-refractivity contribution in [2.75, 3.05) is 19.6 Å². The van der Waals surface area contributed by atoms with Gasteiger partial charge in [-0.05, 0) is 56.4 Å². The minimum Gasteiger partial charge on any atom is -0.313 e. The Morgan fingerprint density at radius 2 is 1.68 bits per heavy atom. The summed E-state index contributed by atoms with van der Waals surface area (Å²) in [6, 6.07) is 18.7. The van der Waals surface area contributed by atoms with Crippen molar-refractivity contribution in [3.8, 4) is 0 Å². The van der Waals surface area contributed by atoms with Gasteiger partial charge in [-0.3, -0.25) is 4.90 Å². The second kappa shape index (κ2) is 7.67. The molecule has 1 aliphatic heterocycles. The minimum absolute atomic E-state index is 0.0769. The van der Waals surface area contributed by atoms with Crippen molar-refractivity contribution in [1.82, 2.24) is 10.2 Å². The normalized spacial score (nSPS) is 24.4. The fraction of sp³-hybridized carbons (Fsp3) is 0.455. The molecule has 2 aliphatic rings. The molecule has 2 unspecified atom stereocenters. The van der Waals surface area contributed by atoms with E-state index in [-0.39, 0.29) is 5.82 Å². The van der Waals surface area contributed by atoms with Crippen molar-refractivity contribution in [2.24, 2.45) is 5.92 Å². The standard InChI is InChI=1S/C22H27FN2/c23-21-9-5-4-8-19(21)16-25-12-10-17(11-13-25)15-24-22-14-20(22)18-6-2-1-3-7-18/h1-9,17,20,22,24H,10-16H2. The van der Waals surface area contributed by atoms with Crippen LogP contribution in [0.2, 0.25) is 0 Å². The number of nitrogens with zero attached hydrogens (tertiary/aromatic N) is 1. The number of hydrogen-bond donors (Lipinski definition) is 1. The van der Waals surface area contributed by atoms with Crippen molar-refractivity contribution in [3.63, 3.8) is 0 Å². The van der Waals surface area contributed by atoms with Gasteiger partial charge in [0.05, 0.1) is 0 Å². The van der Waals surface area contributed by atoms with Gasteiger partial charge in [0.25, 0.3) is 0 Å². The van der Waals surface area contributed by atoms with E-state index in [9.17, 15) is 4.39 Å². The van der Waals surface area contributed by atoms with E-state index in [0.717, 1.165) is 37.7 Å². The van der Waals surface area contributed by atoms with E-state index in [0.29, 0.717) is 12.0 Å². The van der Waals surface area contributed by atoms with Gasteiger partial charge in [0, 0.05) is 24.1 Å². The lowest BCUT2D eigenvalue weighted by Gasteiger charge is -2.32. The van der Waals surface area contributed by atoms with Crippen molar-refractivity contribution in [2.45, 2.75) is 37.8 Å². The largest absolute Gasteiger partial charge is 0.313 e. The molecule has 3 heteroatoms. The van der Waals surface area contributed by atoms with Gasteiger partial charge >= 0.3 is 0 Å². The second-order valence-corrected chi connectivity index (χ2v) is 7.58. The summed E-state index contributed by atoms with van der Waals surface area (Å²) in [4.78, 5) is 2.39. The monoisotopic (exact) mass is 338 g/mol. The van der Waals surface area contributed by atoms with Crippen LogP contribution in [-0.4, -0.2) is 30.6 Å². The number of benzene rings is 2. The fourth-order valence-electron chi connectivity index (χ4n) is 4.02. The molecule has 2 nitrogen and oxygen atoms in total. The Labute approximate surface area is 150 Å². The number of rotatable bonds is 6. The maximum absolute atomic E-state index is 13.8. The lowest BCUT2D eigenvalue weighted by atomic mass is 9.96. The van der Waals surface area contributed by atoms with Gasteiger partial charge in [-0.15, -0.1) is 0 Å². The van der Waals surface area contributed by atoms with Gasteiger partial charge in [0.2, 0.25) is 0 Å². The van der Waals surface area contributed by atoms with Crippen LogP contribution in [0, 0.1) is 11.7 Å². The molecule has 132 valence electrons. The molecule has 1 N–H and O–H groups in total. The van der Waals surface area contributed by atoms with Crippen LogP contribution in [-0.2, 0) is 6.54 Å². The van der Waals surface area contributed by atoms with E-state index < -0.39 is 0 Å². The first-order valence-corrected chi connectivity index (χ1v) is 9.53. The second-order valence-electron chi connectivity index (χ2n) is 7.58. The van der Waals surface area contributed by atoms with Crippen LogP contribution < -0.4 is 5.32 Å². The summed E-state index contributed by atoms with van der Waals surface area (Å²) < 4.78 is 13.8. The molecule has 0 amide bonds. The molecule has 2 aromatic carbocycles. The smallest absolute Gasteiger partial charge is 0.127 e. The Hall–Kier alpha value is -1.71. The molecule has 1 saturated carbocycles. The third kappa shape index (κ3) is 4.28. The van der Waals surface area contributed by atoms with Crippen molar-refractivity contribution in [3.05, 3.63) is 71.5 Å². The van der Waals surface area contributed by atoms with Crippen LogP contribution in [0.25, 0.3) is 0 Å². The Morgan fingerprint density at radius 3 is 2.44 bits per heavy atom. The van der Waals surface area contributed by atoms with Crippen LogP contribution in [0.15, 0.2) is 54.6 Å². The van der Waals surface area contributed by atoms with E-state index in [4.69, 9.17) is 0 Å². The van der Waals surface area contributed by atoms with Gasteiger partial charge < -0.3 is 5.32 Å². The van der Waals surface area contributed by atoms with Crippen LogP contribution in [0.5, 0.6) is 0 Å². The topological polar surface area (TPSA) is 15.3 Å². The van der Waals surface area contributed by atoms with Crippen molar-refractivity contribution in [1.29, 1.82) is 0 Å². The molecule has 2 fully saturated rings. The van der Waals surface area contributed by atoms with E-state index in [1.165, 1.54) is 24.8 Å². The van der Waals surface area contributed by atoms with E-state index in [1.807, 2.05) is 12.1 Å². The Kier molecular flexibility index (Phi) is 5.14. The highest BCUT2D eigenvalue weighted by molar-refractivity contribution is 5.27. The first-order valence-electron chi connectivity index (χ1n) is 9.53. The summed E-state index contributed by atoms with van der Waals surface area (Å²) in [5.74, 6) is 1.39. The van der Waals surface area contributed by atoms with Crippen LogP contribution in [0.3, 0.4) is 0 Å². The molecule has 2 aromatic rings. The summed E-state index contributed by atoms with van der Waals surface area (Å²) in [5, 5.41) is 3.77. The summed E-state index contributed by atoms with van der Waals surface area (Å²) in [5.41, 5.74) is 2.29. The molecule has 1 aliphatic carbocycles. The highest BCUT2D eigenvalue weighted by Gasteiger charge is 2.38. The number of hydrogen-bond acceptors (Lipinski definition) is 2. The SMILES string of the molecule is Fc1ccccc1CN1CCC(CNC2CC2c2ccccc2)CC1. The number of nitrogens with one attached hydrogen (secondary N) is 1. The van der Waals surface area contributed by atoms with E-state index in [1.54, 1.807) is 12.1 Å². The predicted molar refractivity (Wildman–Crippen MR) is 100.0 cm³/mol. The van der Waals surface area contributed by atoms with Crippen molar-refractivity contribution < 1.29 is 4.39 Å². The molecule has 0 radical (unpaired) electrons. The quantitative estimate of drug-likeness (QED) is 0.850. The summed E-state index contributed by atoms with van der Waals surface area (Å²) in [7, 11) is 0. The molecule has 1 saturated heterocycles. The third-order valence-electron chi connectivity index (χ3n) is 5.75. The first kappa shape index (κ1) is 16.7. The Bertz CT molecular complexity index is 679. The molecular weight excluding hydrogens is 311 g/mol. The average molecular weight is 338 g/mol. The number of piperidine rings is 1. The minimum atomic E-state index is -0.0769. The van der Waals surface area contributed by atoms with Crippen LogP contribution >= 0.6 is 0 Å².